The third-order valence-electron chi connectivity index (χ3n) is 2.79. The number of nitrogens with zero attached hydrogens (tertiary/aromatic N) is 2. The van der Waals surface area contributed by atoms with Crippen molar-refractivity contribution in [2.45, 2.75) is 25.2 Å². The molecule has 0 fully saturated rings. The second-order valence-electron chi connectivity index (χ2n) is 4.38. The summed E-state index contributed by atoms with van der Waals surface area (Å²) in [5.41, 5.74) is 1.21. The predicted molar refractivity (Wildman–Crippen MR) is 68.7 cm³/mol. The molecule has 0 radical (unpaired) electrons. The molecule has 1 heterocycles. The molecule has 2 aromatic rings. The highest BCUT2D eigenvalue weighted by Gasteiger charge is 2.32. The van der Waals surface area contributed by atoms with Crippen LogP contribution in [0.5, 0.6) is 0 Å². The topological polar surface area (TPSA) is 37.8 Å². The van der Waals surface area contributed by atoms with Crippen molar-refractivity contribution in [2.24, 2.45) is 0 Å². The normalized spacial score (nSPS) is 13.2. The second-order valence-corrected chi connectivity index (χ2v) is 4.38. The molecule has 2 rings (SSSR count). The number of hydrogen-bond acceptors (Lipinski definition) is 3. The highest BCUT2D eigenvalue weighted by molar-refractivity contribution is 5.19. The molecule has 106 valence electrons. The van der Waals surface area contributed by atoms with Crippen LogP contribution in [0.25, 0.3) is 0 Å². The van der Waals surface area contributed by atoms with Crippen LogP contribution in [0.3, 0.4) is 0 Å². The zero-order chi connectivity index (χ0) is 14.4. The Labute approximate surface area is 114 Å². The minimum absolute atomic E-state index is 0.240. The van der Waals surface area contributed by atoms with E-state index >= 15 is 0 Å². The maximum Gasteiger partial charge on any atom is 0.390 e. The molecule has 0 spiro atoms. The molecule has 0 saturated carbocycles. The molecule has 0 saturated heterocycles. The lowest BCUT2D eigenvalue weighted by Gasteiger charge is -2.20. The lowest BCUT2D eigenvalue weighted by atomic mass is 10.0. The first-order valence-electron chi connectivity index (χ1n) is 6.16. The Bertz CT molecular complexity index is 514. The zero-order valence-electron chi connectivity index (χ0n) is 10.6. The van der Waals surface area contributed by atoms with Gasteiger partial charge in [0, 0.05) is 18.8 Å². The molecule has 0 amide bonds. The van der Waals surface area contributed by atoms with Gasteiger partial charge >= 0.3 is 6.18 Å². The number of aromatic nitrogens is 2. The van der Waals surface area contributed by atoms with Gasteiger partial charge in [0.05, 0.1) is 12.1 Å². The maximum absolute atomic E-state index is 12.6. The van der Waals surface area contributed by atoms with Gasteiger partial charge in [-0.1, -0.05) is 30.3 Å². The van der Waals surface area contributed by atoms with Crippen molar-refractivity contribution < 1.29 is 13.2 Å². The van der Waals surface area contributed by atoms with Crippen LogP contribution in [-0.2, 0) is 6.54 Å². The van der Waals surface area contributed by atoms with E-state index < -0.39 is 18.6 Å². The first kappa shape index (κ1) is 14.5. The lowest BCUT2D eigenvalue weighted by molar-refractivity contribution is -0.140. The minimum Gasteiger partial charge on any atom is -0.304 e. The van der Waals surface area contributed by atoms with E-state index in [0.29, 0.717) is 11.3 Å². The molecule has 0 aliphatic carbocycles. The molecule has 20 heavy (non-hydrogen) atoms. The van der Waals surface area contributed by atoms with Gasteiger partial charge in [-0.15, -0.1) is 0 Å². The van der Waals surface area contributed by atoms with Gasteiger partial charge < -0.3 is 5.32 Å². The van der Waals surface area contributed by atoms with Crippen LogP contribution in [0.2, 0.25) is 0 Å². The van der Waals surface area contributed by atoms with Gasteiger partial charge in [-0.25, -0.2) is 0 Å². The van der Waals surface area contributed by atoms with Gasteiger partial charge in [0.1, 0.15) is 0 Å². The van der Waals surface area contributed by atoms with E-state index in [9.17, 15) is 13.2 Å². The summed E-state index contributed by atoms with van der Waals surface area (Å²) in [5, 5.41) is 10.4. The average molecular weight is 281 g/mol. The fourth-order valence-electron chi connectivity index (χ4n) is 1.88. The maximum atomic E-state index is 12.6. The van der Waals surface area contributed by atoms with Crippen molar-refractivity contribution in [2.75, 3.05) is 0 Å². The second kappa shape index (κ2) is 6.47. The SMILES string of the molecule is FC(F)(F)CC(NCc1cccnn1)c1ccccc1. The van der Waals surface area contributed by atoms with Crippen molar-refractivity contribution in [1.29, 1.82) is 0 Å². The van der Waals surface area contributed by atoms with E-state index in [-0.39, 0.29) is 6.54 Å². The van der Waals surface area contributed by atoms with E-state index in [1.54, 1.807) is 42.5 Å². The van der Waals surface area contributed by atoms with Crippen LogP contribution in [0.15, 0.2) is 48.7 Å². The Morgan fingerprint density at radius 1 is 1.05 bits per heavy atom. The van der Waals surface area contributed by atoms with Gasteiger partial charge in [0.25, 0.3) is 0 Å². The molecule has 1 unspecified atom stereocenters. The molecule has 1 aromatic heterocycles. The molecule has 1 aromatic carbocycles. The van der Waals surface area contributed by atoms with Crippen molar-refractivity contribution in [3.8, 4) is 0 Å². The smallest absolute Gasteiger partial charge is 0.304 e. The fraction of sp³-hybridized carbons (Fsp3) is 0.286. The van der Waals surface area contributed by atoms with Gasteiger partial charge in [-0.2, -0.15) is 23.4 Å². The number of alkyl halides is 3. The summed E-state index contributed by atoms with van der Waals surface area (Å²) < 4.78 is 37.9. The highest BCUT2D eigenvalue weighted by atomic mass is 19.4. The van der Waals surface area contributed by atoms with E-state index in [2.05, 4.69) is 15.5 Å². The minimum atomic E-state index is -4.23. The van der Waals surface area contributed by atoms with Crippen LogP contribution in [0.1, 0.15) is 23.7 Å². The average Bonchev–Trinajstić information content (AvgIpc) is 2.44. The fourth-order valence-corrected chi connectivity index (χ4v) is 1.88. The summed E-state index contributed by atoms with van der Waals surface area (Å²) in [7, 11) is 0. The van der Waals surface area contributed by atoms with Crippen LogP contribution in [-0.4, -0.2) is 16.4 Å². The Kier molecular flexibility index (Phi) is 4.68. The monoisotopic (exact) mass is 281 g/mol. The molecular formula is C14H14F3N3. The van der Waals surface area contributed by atoms with Crippen LogP contribution in [0, 0.1) is 0 Å². The lowest BCUT2D eigenvalue weighted by Crippen LogP contribution is -2.26. The number of halogens is 3. The molecule has 0 aliphatic rings. The van der Waals surface area contributed by atoms with E-state index in [1.807, 2.05) is 0 Å². The summed E-state index contributed by atoms with van der Waals surface area (Å²) in [6, 6.07) is 11.2. The Hall–Kier alpha value is -1.95. The van der Waals surface area contributed by atoms with Crippen LogP contribution >= 0.6 is 0 Å². The number of hydrogen-bond donors (Lipinski definition) is 1. The van der Waals surface area contributed by atoms with Crippen molar-refractivity contribution in [1.82, 2.24) is 15.5 Å². The Balaban J connectivity index is 2.07. The highest BCUT2D eigenvalue weighted by Crippen LogP contribution is 2.29. The van der Waals surface area contributed by atoms with E-state index in [0.717, 1.165) is 0 Å². The molecule has 1 atom stereocenters. The van der Waals surface area contributed by atoms with E-state index in [1.165, 1.54) is 6.20 Å². The standard InChI is InChI=1S/C14H14F3N3/c15-14(16,17)9-13(11-5-2-1-3-6-11)18-10-12-7-4-8-19-20-12/h1-8,13,18H,9-10H2. The third kappa shape index (κ3) is 4.62. The summed E-state index contributed by atoms with van der Waals surface area (Å²) in [5.74, 6) is 0. The van der Waals surface area contributed by atoms with Gasteiger partial charge in [0.15, 0.2) is 0 Å². The van der Waals surface area contributed by atoms with Crippen molar-refractivity contribution in [3.05, 3.63) is 59.9 Å². The number of rotatable bonds is 5. The molecule has 0 aliphatic heterocycles. The zero-order valence-corrected chi connectivity index (χ0v) is 10.6. The summed E-state index contributed by atoms with van der Waals surface area (Å²) >= 11 is 0. The van der Waals surface area contributed by atoms with Gasteiger partial charge in [-0.3, -0.25) is 0 Å². The summed E-state index contributed by atoms with van der Waals surface area (Å²) in [6.07, 6.45) is -3.62. The first-order chi connectivity index (χ1) is 9.54. The molecule has 0 bridgehead atoms. The number of benzene rings is 1. The first-order valence-corrected chi connectivity index (χ1v) is 6.16. The van der Waals surface area contributed by atoms with E-state index in [4.69, 9.17) is 0 Å². The van der Waals surface area contributed by atoms with Crippen molar-refractivity contribution in [3.63, 3.8) is 0 Å². The van der Waals surface area contributed by atoms with Gasteiger partial charge in [0.2, 0.25) is 0 Å². The predicted octanol–water partition coefficient (Wildman–Crippen LogP) is 3.26. The molecule has 3 nitrogen and oxygen atoms in total. The molecule has 1 N–H and O–H groups in total. The number of nitrogens with one attached hydrogen (secondary N) is 1. The van der Waals surface area contributed by atoms with Crippen LogP contribution in [0.4, 0.5) is 13.2 Å². The largest absolute Gasteiger partial charge is 0.390 e. The van der Waals surface area contributed by atoms with Crippen molar-refractivity contribution >= 4 is 0 Å². The summed E-state index contributed by atoms with van der Waals surface area (Å²) in [4.78, 5) is 0. The molecule has 6 heteroatoms. The van der Waals surface area contributed by atoms with Gasteiger partial charge in [-0.05, 0) is 17.7 Å². The Morgan fingerprint density at radius 2 is 1.80 bits per heavy atom. The Morgan fingerprint density at radius 3 is 2.40 bits per heavy atom. The summed E-state index contributed by atoms with van der Waals surface area (Å²) in [6.45, 7) is 0.240. The van der Waals surface area contributed by atoms with Crippen LogP contribution < -0.4 is 5.32 Å². The third-order valence-corrected chi connectivity index (χ3v) is 2.79. The quantitative estimate of drug-likeness (QED) is 0.914. The molecular weight excluding hydrogens is 267 g/mol.